The number of ether oxygens (including phenoxy) is 2. The summed E-state index contributed by atoms with van der Waals surface area (Å²) < 4.78 is 12.0. The number of carboxylic acid groups (broad SMARTS) is 1. The molecule has 2 amide bonds. The zero-order valence-electron chi connectivity index (χ0n) is 40.7. The molecule has 0 aliphatic heterocycles. The average molecular weight is 897 g/mol. The number of carbonyl (C=O) groups is 6. The molecule has 5 atom stereocenters. The molecule has 0 spiro atoms. The molecule has 0 aliphatic carbocycles. The maximum atomic E-state index is 14.0. The Bertz CT molecular complexity index is 1990. The number of nitrogens with one attached hydrogen (secondary N) is 2. The molecule has 0 saturated carbocycles. The molecule has 0 bridgehead atoms. The predicted molar refractivity (Wildman–Crippen MR) is 257 cm³/mol. The topological polar surface area (TPSA) is 165 Å². The monoisotopic (exact) mass is 897 g/mol. The van der Waals surface area contributed by atoms with E-state index in [4.69, 9.17) is 9.47 Å². The molecular weight excluding hydrogens is 821 g/mol. The zero-order chi connectivity index (χ0) is 48.3. The number of carboxylic acids is 1. The summed E-state index contributed by atoms with van der Waals surface area (Å²) in [6.45, 7) is 18.7. The highest BCUT2D eigenvalue weighted by Crippen LogP contribution is 2.24. The van der Waals surface area contributed by atoms with E-state index in [9.17, 15) is 33.9 Å². The van der Waals surface area contributed by atoms with Crippen LogP contribution in [0, 0.1) is 11.8 Å². The van der Waals surface area contributed by atoms with Crippen LogP contribution in [-0.4, -0.2) is 69.6 Å². The van der Waals surface area contributed by atoms with Gasteiger partial charge >= 0.3 is 5.97 Å². The van der Waals surface area contributed by atoms with Crippen LogP contribution in [0.2, 0.25) is 0 Å². The molecule has 0 fully saturated rings. The van der Waals surface area contributed by atoms with Gasteiger partial charge in [0, 0.05) is 49.5 Å². The molecular formula is C54H76N2O9. The lowest BCUT2D eigenvalue weighted by molar-refractivity contribution is -0.143. The van der Waals surface area contributed by atoms with Crippen LogP contribution < -0.4 is 15.4 Å². The number of unbranched alkanes of at least 4 members (excludes halogenated alkanes) is 3. The van der Waals surface area contributed by atoms with Crippen LogP contribution in [0.1, 0.15) is 161 Å². The first-order chi connectivity index (χ1) is 30.6. The van der Waals surface area contributed by atoms with Crippen LogP contribution in [-0.2, 0) is 41.6 Å². The van der Waals surface area contributed by atoms with Crippen molar-refractivity contribution >= 4 is 35.1 Å². The lowest BCUT2D eigenvalue weighted by Crippen LogP contribution is -2.53. The molecule has 0 heterocycles. The maximum Gasteiger partial charge on any atom is 0.326 e. The molecule has 3 aromatic carbocycles. The summed E-state index contributed by atoms with van der Waals surface area (Å²) in [5.41, 5.74) is 3.62. The fourth-order valence-electron chi connectivity index (χ4n) is 7.70. The molecule has 3 aromatic rings. The summed E-state index contributed by atoms with van der Waals surface area (Å²) in [4.78, 5) is 80.2. The molecule has 0 saturated heterocycles. The first-order valence-electron chi connectivity index (χ1n) is 23.6. The molecule has 0 aromatic heterocycles. The lowest BCUT2D eigenvalue weighted by Gasteiger charge is -2.32. The van der Waals surface area contributed by atoms with Gasteiger partial charge in [-0.2, -0.15) is 0 Å². The van der Waals surface area contributed by atoms with E-state index in [2.05, 4.69) is 41.8 Å². The van der Waals surface area contributed by atoms with E-state index in [-0.39, 0.29) is 43.7 Å². The van der Waals surface area contributed by atoms with Gasteiger partial charge in [0.15, 0.2) is 11.6 Å². The van der Waals surface area contributed by atoms with E-state index in [1.54, 1.807) is 38.1 Å². The molecule has 1 unspecified atom stereocenters. The van der Waals surface area contributed by atoms with Crippen molar-refractivity contribution in [3.63, 3.8) is 0 Å². The Morgan fingerprint density at radius 2 is 1.23 bits per heavy atom. The number of aryl methyl sites for hydroxylation is 1. The van der Waals surface area contributed by atoms with Crippen molar-refractivity contribution in [2.45, 2.75) is 182 Å². The summed E-state index contributed by atoms with van der Waals surface area (Å²) in [6, 6.07) is 20.7. The number of rotatable bonds is 28. The van der Waals surface area contributed by atoms with Gasteiger partial charge in [-0.3, -0.25) is 24.0 Å². The average Bonchev–Trinajstić information content (AvgIpc) is 3.23. The number of carbonyl (C=O) groups excluding carboxylic acids is 5. The molecule has 0 aliphatic rings. The molecule has 11 heteroatoms. The van der Waals surface area contributed by atoms with E-state index in [1.807, 2.05) is 72.7 Å². The first-order valence-corrected chi connectivity index (χ1v) is 23.6. The minimum absolute atomic E-state index is 0.0179. The van der Waals surface area contributed by atoms with Gasteiger partial charge in [0.1, 0.15) is 29.2 Å². The summed E-state index contributed by atoms with van der Waals surface area (Å²) in [5, 5.41) is 15.5. The number of hydrogen-bond donors (Lipinski definition) is 3. The quantitative estimate of drug-likeness (QED) is 0.0475. The van der Waals surface area contributed by atoms with Gasteiger partial charge in [-0.1, -0.05) is 107 Å². The molecule has 11 nitrogen and oxygen atoms in total. The minimum atomic E-state index is -1.25. The van der Waals surface area contributed by atoms with Gasteiger partial charge in [-0.05, 0) is 109 Å². The van der Waals surface area contributed by atoms with Crippen LogP contribution in [0.25, 0.3) is 11.1 Å². The zero-order valence-corrected chi connectivity index (χ0v) is 40.7. The highest BCUT2D eigenvalue weighted by atomic mass is 16.5. The summed E-state index contributed by atoms with van der Waals surface area (Å²) in [5.74, 6) is -3.93. The van der Waals surface area contributed by atoms with Gasteiger partial charge in [-0.15, -0.1) is 0 Å². The number of hydrogen-bond acceptors (Lipinski definition) is 8. The number of benzene rings is 3. The van der Waals surface area contributed by atoms with Crippen LogP contribution in [0.3, 0.4) is 0 Å². The van der Waals surface area contributed by atoms with Gasteiger partial charge in [0.2, 0.25) is 11.8 Å². The Labute approximate surface area is 388 Å². The van der Waals surface area contributed by atoms with Crippen LogP contribution in [0.15, 0.2) is 72.8 Å². The Balaban J connectivity index is 1.64. The van der Waals surface area contributed by atoms with Gasteiger partial charge in [0.25, 0.3) is 0 Å². The Morgan fingerprint density at radius 1 is 0.646 bits per heavy atom. The second kappa shape index (κ2) is 26.1. The van der Waals surface area contributed by atoms with Crippen molar-refractivity contribution in [1.82, 2.24) is 10.6 Å². The van der Waals surface area contributed by atoms with Crippen molar-refractivity contribution in [2.24, 2.45) is 11.8 Å². The predicted octanol–water partition coefficient (Wildman–Crippen LogP) is 10.5. The number of ketones is 3. The van der Waals surface area contributed by atoms with Crippen molar-refractivity contribution in [2.75, 3.05) is 0 Å². The molecule has 0 radical (unpaired) electrons. The maximum absolute atomic E-state index is 14.0. The summed E-state index contributed by atoms with van der Waals surface area (Å²) in [6.07, 6.45) is 5.88. The highest BCUT2D eigenvalue weighted by Gasteiger charge is 2.35. The largest absolute Gasteiger partial charge is 0.488 e. The SMILES string of the molecule is CCCCC[C@H](CC(=O)CCCC(=O)c1ccc(-c2ccc(CCCC)cc2)cc1)C(=O)NC(C(=O)C[C@@H](C)C(=O)N[C@@H](Cc1ccc(OC(C)(C)C)cc1)C(=O)O)[C@@H](C)OC(C)(C)C. The van der Waals surface area contributed by atoms with E-state index in [0.29, 0.717) is 36.1 Å². The third-order valence-corrected chi connectivity index (χ3v) is 11.2. The third-order valence-electron chi connectivity index (χ3n) is 11.2. The van der Waals surface area contributed by atoms with Crippen molar-refractivity contribution in [3.05, 3.63) is 89.5 Å². The fraction of sp³-hybridized carbons (Fsp3) is 0.556. The van der Waals surface area contributed by atoms with Crippen LogP contribution >= 0.6 is 0 Å². The van der Waals surface area contributed by atoms with Crippen LogP contribution in [0.5, 0.6) is 5.75 Å². The van der Waals surface area contributed by atoms with Crippen molar-refractivity contribution in [3.8, 4) is 16.9 Å². The number of Topliss-reactive ketones (excluding diaryl/α,β-unsaturated/α-hetero) is 3. The lowest BCUT2D eigenvalue weighted by atomic mass is 9.91. The van der Waals surface area contributed by atoms with Crippen molar-refractivity contribution in [1.29, 1.82) is 0 Å². The second-order valence-corrected chi connectivity index (χ2v) is 19.5. The van der Waals surface area contributed by atoms with Gasteiger partial charge in [-0.25, -0.2) is 4.79 Å². The Hall–Kier alpha value is -5.16. The van der Waals surface area contributed by atoms with Crippen molar-refractivity contribution < 1.29 is 43.3 Å². The van der Waals surface area contributed by atoms with Gasteiger partial charge in [0.05, 0.1) is 11.7 Å². The summed E-state index contributed by atoms with van der Waals surface area (Å²) >= 11 is 0. The first kappa shape index (κ1) is 54.2. The van der Waals surface area contributed by atoms with E-state index in [1.165, 1.54) is 5.56 Å². The standard InChI is InChI=1S/C54H76N2O9/c1-11-13-15-18-43(35-44(57)19-16-20-47(58)42-29-27-41(28-30-42)40-25-21-38(22-26-40)17-14-12-2)51(61)56-49(37(4)64-53(5,6)7)48(59)33-36(3)50(60)55-46(52(62)63)34-39-23-31-45(32-24-39)65-54(8,9)10/h21-32,36-37,43,46,49H,11-20,33-35H2,1-10H3,(H,55,60)(H,56,61)(H,62,63)/t36-,37-,43-,46+,49?/m1/s1. The number of aliphatic carboxylic acids is 1. The molecule has 3 rings (SSSR count). The summed E-state index contributed by atoms with van der Waals surface area (Å²) in [7, 11) is 0. The highest BCUT2D eigenvalue weighted by molar-refractivity contribution is 5.97. The van der Waals surface area contributed by atoms with E-state index < -0.39 is 64.8 Å². The fourth-order valence-corrected chi connectivity index (χ4v) is 7.70. The third kappa shape index (κ3) is 19.9. The molecule has 3 N–H and O–H groups in total. The van der Waals surface area contributed by atoms with E-state index in [0.717, 1.165) is 43.2 Å². The van der Waals surface area contributed by atoms with Gasteiger partial charge < -0.3 is 25.2 Å². The molecule has 356 valence electrons. The second-order valence-electron chi connectivity index (χ2n) is 19.5. The van der Waals surface area contributed by atoms with Crippen LogP contribution in [0.4, 0.5) is 0 Å². The number of amides is 2. The Kier molecular flexibility index (Phi) is 21.8. The van der Waals surface area contributed by atoms with E-state index >= 15 is 0 Å². The Morgan fingerprint density at radius 3 is 1.78 bits per heavy atom. The minimum Gasteiger partial charge on any atom is -0.488 e. The smallest absolute Gasteiger partial charge is 0.326 e. The molecule has 65 heavy (non-hydrogen) atoms. The normalized spacial score (nSPS) is 14.1.